The zero-order valence-corrected chi connectivity index (χ0v) is 18.8. The number of Topliss-reactive ketones (excluding diaryl/α,β-unsaturated/α-hetero) is 1. The molecule has 7 heteroatoms. The summed E-state index contributed by atoms with van der Waals surface area (Å²) >= 11 is 1.30. The van der Waals surface area contributed by atoms with Crippen LogP contribution in [0.4, 0.5) is 0 Å². The number of rotatable bonds is 9. The molecule has 0 bridgehead atoms. The van der Waals surface area contributed by atoms with Gasteiger partial charge in [-0.3, -0.25) is 9.59 Å². The van der Waals surface area contributed by atoms with Crippen LogP contribution in [0.2, 0.25) is 0 Å². The van der Waals surface area contributed by atoms with Crippen molar-refractivity contribution in [2.75, 3.05) is 26.2 Å². The van der Waals surface area contributed by atoms with E-state index in [2.05, 4.69) is 23.7 Å². The SMILES string of the molecule is CCN(CC)CCCN1C(=O)C(O)=C(C(=O)c2sc(C)nc2C)[C@H]1c1ccccc1. The van der Waals surface area contributed by atoms with Crippen LogP contribution in [0.5, 0.6) is 0 Å². The van der Waals surface area contributed by atoms with E-state index in [1.165, 1.54) is 11.3 Å². The molecule has 1 aromatic carbocycles. The van der Waals surface area contributed by atoms with Crippen LogP contribution in [0.1, 0.15) is 52.2 Å². The van der Waals surface area contributed by atoms with Crippen molar-refractivity contribution in [3.05, 3.63) is 62.8 Å². The van der Waals surface area contributed by atoms with E-state index < -0.39 is 17.7 Å². The second-order valence-electron chi connectivity index (χ2n) is 7.43. The van der Waals surface area contributed by atoms with E-state index in [0.717, 1.165) is 36.6 Å². The Morgan fingerprint density at radius 1 is 1.20 bits per heavy atom. The summed E-state index contributed by atoms with van der Waals surface area (Å²) in [6, 6.07) is 8.86. The van der Waals surface area contributed by atoms with E-state index in [1.807, 2.05) is 37.3 Å². The third-order valence-electron chi connectivity index (χ3n) is 5.54. The average molecular weight is 428 g/mol. The monoisotopic (exact) mass is 427 g/mol. The highest BCUT2D eigenvalue weighted by Crippen LogP contribution is 2.40. The van der Waals surface area contributed by atoms with Gasteiger partial charge in [-0.05, 0) is 45.5 Å². The van der Waals surface area contributed by atoms with Crippen molar-refractivity contribution in [3.63, 3.8) is 0 Å². The van der Waals surface area contributed by atoms with Crippen LogP contribution in [-0.2, 0) is 4.79 Å². The van der Waals surface area contributed by atoms with Gasteiger partial charge in [-0.25, -0.2) is 4.98 Å². The van der Waals surface area contributed by atoms with Gasteiger partial charge in [0.2, 0.25) is 5.78 Å². The van der Waals surface area contributed by atoms with Gasteiger partial charge >= 0.3 is 0 Å². The molecule has 0 radical (unpaired) electrons. The number of carbonyl (C=O) groups excluding carboxylic acids is 2. The number of hydrogen-bond acceptors (Lipinski definition) is 6. The van der Waals surface area contributed by atoms with Gasteiger partial charge < -0.3 is 14.9 Å². The first-order valence-electron chi connectivity index (χ1n) is 10.4. The Bertz CT molecular complexity index is 948. The van der Waals surface area contributed by atoms with Crippen LogP contribution in [-0.4, -0.2) is 57.8 Å². The highest BCUT2D eigenvalue weighted by Gasteiger charge is 2.44. The number of aryl methyl sites for hydroxylation is 2. The smallest absolute Gasteiger partial charge is 0.290 e. The Morgan fingerprint density at radius 2 is 1.87 bits per heavy atom. The third kappa shape index (κ3) is 4.32. The lowest BCUT2D eigenvalue weighted by Gasteiger charge is -2.28. The molecule has 2 aromatic rings. The molecule has 0 saturated carbocycles. The van der Waals surface area contributed by atoms with Gasteiger partial charge in [-0.1, -0.05) is 44.2 Å². The van der Waals surface area contributed by atoms with Crippen molar-refractivity contribution in [1.29, 1.82) is 0 Å². The number of carbonyl (C=O) groups is 2. The molecular formula is C23H29N3O3S. The van der Waals surface area contributed by atoms with Crippen LogP contribution in [0.15, 0.2) is 41.7 Å². The van der Waals surface area contributed by atoms with Crippen LogP contribution >= 0.6 is 11.3 Å². The molecule has 0 spiro atoms. The molecule has 0 fully saturated rings. The van der Waals surface area contributed by atoms with Crippen molar-refractivity contribution >= 4 is 23.0 Å². The lowest BCUT2D eigenvalue weighted by Crippen LogP contribution is -2.34. The van der Waals surface area contributed by atoms with E-state index in [0.29, 0.717) is 17.1 Å². The lowest BCUT2D eigenvalue weighted by atomic mass is 9.95. The zero-order valence-electron chi connectivity index (χ0n) is 18.0. The number of hydrogen-bond donors (Lipinski definition) is 1. The minimum absolute atomic E-state index is 0.154. The molecular weight excluding hydrogens is 398 g/mol. The van der Waals surface area contributed by atoms with Gasteiger partial charge in [0, 0.05) is 6.54 Å². The van der Waals surface area contributed by atoms with E-state index in [-0.39, 0.29) is 11.4 Å². The minimum atomic E-state index is -0.593. The molecule has 1 N–H and O–H groups in total. The molecule has 1 amide bonds. The first-order valence-corrected chi connectivity index (χ1v) is 11.2. The summed E-state index contributed by atoms with van der Waals surface area (Å²) in [5.41, 5.74) is 1.60. The van der Waals surface area contributed by atoms with E-state index >= 15 is 0 Å². The molecule has 1 aliphatic heterocycles. The summed E-state index contributed by atoms with van der Waals surface area (Å²) in [7, 11) is 0. The van der Waals surface area contributed by atoms with E-state index in [9.17, 15) is 14.7 Å². The van der Waals surface area contributed by atoms with Crippen molar-refractivity contribution in [2.24, 2.45) is 0 Å². The predicted molar refractivity (Wildman–Crippen MR) is 119 cm³/mol. The summed E-state index contributed by atoms with van der Waals surface area (Å²) in [4.78, 5) is 35.1. The molecule has 0 saturated heterocycles. The van der Waals surface area contributed by atoms with Crippen LogP contribution in [0.3, 0.4) is 0 Å². The number of ketones is 1. The first kappa shape index (κ1) is 22.2. The Kier molecular flexibility index (Phi) is 7.05. The number of aliphatic hydroxyl groups excluding tert-OH is 1. The van der Waals surface area contributed by atoms with E-state index in [4.69, 9.17) is 0 Å². The topological polar surface area (TPSA) is 73.7 Å². The first-order chi connectivity index (χ1) is 14.4. The summed E-state index contributed by atoms with van der Waals surface area (Å²) in [5, 5.41) is 11.5. The number of amides is 1. The highest BCUT2D eigenvalue weighted by molar-refractivity contribution is 7.14. The fourth-order valence-corrected chi connectivity index (χ4v) is 4.84. The van der Waals surface area contributed by atoms with Crippen LogP contribution in [0, 0.1) is 13.8 Å². The maximum Gasteiger partial charge on any atom is 0.290 e. The number of benzene rings is 1. The van der Waals surface area contributed by atoms with Gasteiger partial charge in [0.05, 0.1) is 27.2 Å². The molecule has 2 heterocycles. The maximum absolute atomic E-state index is 13.4. The van der Waals surface area contributed by atoms with Gasteiger partial charge in [0.1, 0.15) is 0 Å². The number of aliphatic hydroxyl groups is 1. The van der Waals surface area contributed by atoms with Crippen molar-refractivity contribution in [3.8, 4) is 0 Å². The average Bonchev–Trinajstić information content (AvgIpc) is 3.21. The number of nitrogens with zero attached hydrogens (tertiary/aromatic N) is 3. The summed E-state index contributed by atoms with van der Waals surface area (Å²) in [6.07, 6.45) is 0.768. The Hall–Kier alpha value is -2.51. The van der Waals surface area contributed by atoms with Gasteiger partial charge in [-0.2, -0.15) is 0 Å². The molecule has 1 atom stereocenters. The normalized spacial score (nSPS) is 16.8. The Labute approximate surface area is 181 Å². The standard InChI is InChI=1S/C23H29N3O3S/c1-5-25(6-2)13-10-14-26-19(17-11-8-7-9-12-17)18(21(28)23(26)29)20(27)22-15(3)24-16(4)30-22/h7-9,11-12,19,28H,5-6,10,13-14H2,1-4H3/t19-/m1/s1. The highest BCUT2D eigenvalue weighted by atomic mass is 32.1. The number of thiazole rings is 1. The van der Waals surface area contributed by atoms with Crippen molar-refractivity contribution in [2.45, 2.75) is 40.2 Å². The molecule has 30 heavy (non-hydrogen) atoms. The summed E-state index contributed by atoms with van der Waals surface area (Å²) in [5.74, 6) is -1.24. The summed E-state index contributed by atoms with van der Waals surface area (Å²) in [6.45, 7) is 11.1. The van der Waals surface area contributed by atoms with Gasteiger partial charge in [0.25, 0.3) is 5.91 Å². The second kappa shape index (κ2) is 9.53. The largest absolute Gasteiger partial charge is 0.503 e. The Morgan fingerprint density at radius 3 is 2.43 bits per heavy atom. The van der Waals surface area contributed by atoms with Crippen molar-refractivity contribution in [1.82, 2.24) is 14.8 Å². The fraction of sp³-hybridized carbons (Fsp3) is 0.435. The third-order valence-corrected chi connectivity index (χ3v) is 6.61. The quantitative estimate of drug-likeness (QED) is 0.611. The predicted octanol–water partition coefficient (Wildman–Crippen LogP) is 4.07. The molecule has 1 aliphatic rings. The van der Waals surface area contributed by atoms with Gasteiger partial charge in [0.15, 0.2) is 5.76 Å². The van der Waals surface area contributed by atoms with E-state index in [1.54, 1.807) is 11.8 Å². The molecule has 6 nitrogen and oxygen atoms in total. The fourth-order valence-electron chi connectivity index (χ4n) is 3.97. The van der Waals surface area contributed by atoms with Crippen LogP contribution < -0.4 is 0 Å². The maximum atomic E-state index is 13.4. The second-order valence-corrected chi connectivity index (χ2v) is 8.63. The number of aromatic nitrogens is 1. The molecule has 0 aliphatic carbocycles. The minimum Gasteiger partial charge on any atom is -0.503 e. The lowest BCUT2D eigenvalue weighted by molar-refractivity contribution is -0.129. The zero-order chi connectivity index (χ0) is 21.8. The molecule has 1 aromatic heterocycles. The molecule has 3 rings (SSSR count). The summed E-state index contributed by atoms with van der Waals surface area (Å²) < 4.78 is 0. The molecule has 0 unspecified atom stereocenters. The van der Waals surface area contributed by atoms with Crippen LogP contribution in [0.25, 0.3) is 0 Å². The Balaban J connectivity index is 1.95. The molecule has 160 valence electrons. The van der Waals surface area contributed by atoms with Crippen molar-refractivity contribution < 1.29 is 14.7 Å². The van der Waals surface area contributed by atoms with Gasteiger partial charge in [-0.15, -0.1) is 11.3 Å².